The molecule has 6 rings (SSSR count). The number of halogens is 1. The Labute approximate surface area is 248 Å². The summed E-state index contributed by atoms with van der Waals surface area (Å²) < 4.78 is 49.3. The number of nitrogen functional groups attached to an aromatic ring is 1. The van der Waals surface area contributed by atoms with Crippen molar-refractivity contribution in [1.82, 2.24) is 29.1 Å². The van der Waals surface area contributed by atoms with Crippen LogP contribution in [0.4, 0.5) is 15.9 Å². The van der Waals surface area contributed by atoms with Gasteiger partial charge in [-0.25, -0.2) is 32.4 Å². The molecule has 0 aliphatic rings. The fourth-order valence-corrected chi connectivity index (χ4v) is 6.57. The molecular weight excluding hydrogens is 595 g/mol. The lowest BCUT2D eigenvalue weighted by atomic mass is 9.97. The van der Waals surface area contributed by atoms with Crippen LogP contribution in [0.25, 0.3) is 38.2 Å². The average molecular weight is 621 g/mol. The number of methoxy groups -OCH3 is 1. The number of nitrogens with one attached hydrogen (secondary N) is 1. The summed E-state index contributed by atoms with van der Waals surface area (Å²) in [7, 11) is -2.29. The molecule has 0 bridgehead atoms. The van der Waals surface area contributed by atoms with Crippen molar-refractivity contribution < 1.29 is 17.5 Å². The highest BCUT2D eigenvalue weighted by molar-refractivity contribution is 7.92. The minimum absolute atomic E-state index is 0.0651. The number of pyridine rings is 2. The summed E-state index contributed by atoms with van der Waals surface area (Å²) in [6.45, 7) is 3.69. The number of sulfonamides is 1. The van der Waals surface area contributed by atoms with E-state index in [2.05, 4.69) is 19.7 Å². The number of thiazole rings is 1. The number of aryl methyl sites for hydroxylation is 1. The highest BCUT2D eigenvalue weighted by Gasteiger charge is 2.26. The zero-order chi connectivity index (χ0) is 30.6. The van der Waals surface area contributed by atoms with Gasteiger partial charge in [-0.1, -0.05) is 12.1 Å². The van der Waals surface area contributed by atoms with Gasteiger partial charge in [-0.3, -0.25) is 13.9 Å². The number of nitrogens with zero attached hydrogens (tertiary/aromatic N) is 6. The molecule has 1 atom stereocenters. The lowest BCUT2D eigenvalue weighted by Crippen LogP contribution is -2.21. The maximum Gasteiger partial charge on any atom is 0.264 e. The van der Waals surface area contributed by atoms with Crippen molar-refractivity contribution in [1.29, 1.82) is 0 Å². The summed E-state index contributed by atoms with van der Waals surface area (Å²) in [5.74, 6) is -0.266. The summed E-state index contributed by atoms with van der Waals surface area (Å²) in [4.78, 5) is 27.5. The van der Waals surface area contributed by atoms with Crippen LogP contribution in [0.1, 0.15) is 24.2 Å². The largest absolute Gasteiger partial charge is 0.480 e. The Bertz CT molecular complexity index is 2230. The summed E-state index contributed by atoms with van der Waals surface area (Å²) in [6, 6.07) is 8.72. The van der Waals surface area contributed by atoms with Gasteiger partial charge in [0.15, 0.2) is 5.65 Å². The molecule has 5 heterocycles. The molecule has 6 aromatic rings. The van der Waals surface area contributed by atoms with Crippen molar-refractivity contribution in [3.8, 4) is 28.3 Å². The maximum absolute atomic E-state index is 14.4. The monoisotopic (exact) mass is 620 g/mol. The molecular formula is C28H25FN8O4S2. The van der Waals surface area contributed by atoms with Crippen LogP contribution in [0.2, 0.25) is 0 Å². The topological polar surface area (TPSA) is 159 Å². The standard InChI is InChI=1S/C28H25FN8O4S2/c1-14-12-42-21-10-19(22(28(38)36(14)21)16-6-5-7-18(29)8-16)15(2)37-26-23(25(30)32-13-33-26)24(34-37)17-9-20(35-43(4,39)40)27(41-3)31-11-17/h5-13,15,35H,1-4H3,(H2,30,32,33)/t15-/m0/s1. The minimum atomic E-state index is -3.66. The lowest BCUT2D eigenvalue weighted by Gasteiger charge is -2.18. The van der Waals surface area contributed by atoms with E-state index in [9.17, 15) is 17.6 Å². The number of rotatable bonds is 7. The summed E-state index contributed by atoms with van der Waals surface area (Å²) in [5.41, 5.74) is 9.38. The molecule has 1 aromatic carbocycles. The Kier molecular flexibility index (Phi) is 6.85. The fourth-order valence-electron chi connectivity index (χ4n) is 5.10. The summed E-state index contributed by atoms with van der Waals surface area (Å²) >= 11 is 1.42. The third-order valence-electron chi connectivity index (χ3n) is 6.97. The van der Waals surface area contributed by atoms with Gasteiger partial charge in [0.25, 0.3) is 5.56 Å². The summed E-state index contributed by atoms with van der Waals surface area (Å²) in [5, 5.41) is 7.14. The molecule has 0 fully saturated rings. The first-order valence-electron chi connectivity index (χ1n) is 12.9. The molecule has 15 heteroatoms. The van der Waals surface area contributed by atoms with Crippen molar-refractivity contribution in [2.75, 3.05) is 23.8 Å². The maximum atomic E-state index is 14.4. The van der Waals surface area contributed by atoms with Gasteiger partial charge in [0.05, 0.1) is 30.4 Å². The molecule has 0 spiro atoms. The van der Waals surface area contributed by atoms with E-state index in [-0.39, 0.29) is 22.9 Å². The lowest BCUT2D eigenvalue weighted by molar-refractivity contribution is 0.400. The fraction of sp³-hybridized carbons (Fsp3) is 0.179. The molecule has 0 unspecified atom stereocenters. The Hall–Kier alpha value is -4.89. The van der Waals surface area contributed by atoms with Crippen molar-refractivity contribution in [2.45, 2.75) is 19.9 Å². The normalized spacial score (nSPS) is 12.6. The third kappa shape index (κ3) is 4.95. The van der Waals surface area contributed by atoms with Crippen molar-refractivity contribution in [3.63, 3.8) is 0 Å². The van der Waals surface area contributed by atoms with Gasteiger partial charge < -0.3 is 10.5 Å². The van der Waals surface area contributed by atoms with Gasteiger partial charge in [0, 0.05) is 22.8 Å². The zero-order valence-electron chi connectivity index (χ0n) is 23.4. The van der Waals surface area contributed by atoms with Gasteiger partial charge in [-0.15, -0.1) is 11.3 Å². The molecule has 3 N–H and O–H groups in total. The molecule has 12 nitrogen and oxygen atoms in total. The van der Waals surface area contributed by atoms with Crippen LogP contribution in [0.5, 0.6) is 5.88 Å². The predicted octanol–water partition coefficient (Wildman–Crippen LogP) is 4.25. The van der Waals surface area contributed by atoms with E-state index in [1.54, 1.807) is 21.2 Å². The quantitative estimate of drug-likeness (QED) is 0.266. The summed E-state index contributed by atoms with van der Waals surface area (Å²) in [6.07, 6.45) is 3.80. The van der Waals surface area contributed by atoms with E-state index in [1.807, 2.05) is 25.3 Å². The third-order valence-corrected chi connectivity index (χ3v) is 8.56. The number of benzene rings is 1. The van der Waals surface area contributed by atoms with E-state index in [4.69, 9.17) is 15.6 Å². The minimum Gasteiger partial charge on any atom is -0.480 e. The average Bonchev–Trinajstić information content (AvgIpc) is 3.53. The SMILES string of the molecule is COc1ncc(-c2nn([C@@H](C)c3cc4scc(C)n4c(=O)c3-c3cccc(F)c3)c3ncnc(N)c23)cc1NS(C)(=O)=O. The number of nitrogens with two attached hydrogens (primary N) is 1. The van der Waals surface area contributed by atoms with Crippen molar-refractivity contribution in [3.05, 3.63) is 81.7 Å². The number of hydrogen-bond donors (Lipinski definition) is 2. The van der Waals surface area contributed by atoms with Crippen molar-refractivity contribution in [2.24, 2.45) is 0 Å². The molecule has 0 saturated carbocycles. The number of fused-ring (bicyclic) bond motifs is 2. The van der Waals surface area contributed by atoms with Crippen molar-refractivity contribution >= 4 is 48.7 Å². The highest BCUT2D eigenvalue weighted by Crippen LogP contribution is 2.37. The Morgan fingerprint density at radius 1 is 1.14 bits per heavy atom. The van der Waals surface area contributed by atoms with E-state index in [1.165, 1.54) is 49.2 Å². The van der Waals surface area contributed by atoms with Gasteiger partial charge in [-0.2, -0.15) is 5.10 Å². The van der Waals surface area contributed by atoms with Crippen LogP contribution in [-0.2, 0) is 10.0 Å². The second kappa shape index (κ2) is 10.4. The molecule has 0 aliphatic heterocycles. The molecule has 43 heavy (non-hydrogen) atoms. The first-order valence-corrected chi connectivity index (χ1v) is 15.6. The highest BCUT2D eigenvalue weighted by atomic mass is 32.2. The van der Waals surface area contributed by atoms with Crippen LogP contribution in [0.15, 0.2) is 59.1 Å². The van der Waals surface area contributed by atoms with Crippen LogP contribution in [0.3, 0.4) is 0 Å². The second-order valence-corrected chi connectivity index (χ2v) is 12.6. The van der Waals surface area contributed by atoms with E-state index in [0.717, 1.165) is 11.9 Å². The molecule has 0 aliphatic carbocycles. The number of anilines is 2. The van der Waals surface area contributed by atoms with E-state index >= 15 is 0 Å². The second-order valence-electron chi connectivity index (χ2n) is 9.92. The van der Waals surface area contributed by atoms with E-state index < -0.39 is 21.9 Å². The van der Waals surface area contributed by atoms with Crippen LogP contribution in [0, 0.1) is 12.7 Å². The number of hydrogen-bond acceptors (Lipinski definition) is 10. The van der Waals surface area contributed by atoms with Gasteiger partial charge >= 0.3 is 0 Å². The molecule has 0 radical (unpaired) electrons. The Balaban J connectivity index is 1.60. The first kappa shape index (κ1) is 28.2. The number of ether oxygens (including phenoxy) is 1. The Morgan fingerprint density at radius 2 is 1.93 bits per heavy atom. The van der Waals surface area contributed by atoms with Crippen LogP contribution < -0.4 is 20.8 Å². The van der Waals surface area contributed by atoms with Gasteiger partial charge in [0.1, 0.15) is 34.2 Å². The molecule has 0 amide bonds. The Morgan fingerprint density at radius 3 is 2.65 bits per heavy atom. The molecule has 0 saturated heterocycles. The van der Waals surface area contributed by atoms with Crippen LogP contribution >= 0.6 is 11.3 Å². The zero-order valence-corrected chi connectivity index (χ0v) is 25.0. The molecule has 5 aromatic heterocycles. The molecule has 220 valence electrons. The van der Waals surface area contributed by atoms with Gasteiger partial charge in [-0.05, 0) is 49.2 Å². The van der Waals surface area contributed by atoms with E-state index in [0.29, 0.717) is 43.8 Å². The number of aromatic nitrogens is 6. The van der Waals surface area contributed by atoms with Gasteiger partial charge in [0.2, 0.25) is 15.9 Å². The van der Waals surface area contributed by atoms with Crippen LogP contribution in [-0.4, -0.2) is 50.9 Å². The smallest absolute Gasteiger partial charge is 0.264 e. The predicted molar refractivity (Wildman–Crippen MR) is 163 cm³/mol. The first-order chi connectivity index (χ1) is 20.5.